The summed E-state index contributed by atoms with van der Waals surface area (Å²) in [6.07, 6.45) is 2.26. The molecule has 6 nitrogen and oxygen atoms in total. The highest BCUT2D eigenvalue weighted by atomic mass is 35.5. The summed E-state index contributed by atoms with van der Waals surface area (Å²) < 4.78 is 22.4. The van der Waals surface area contributed by atoms with Gasteiger partial charge in [-0.2, -0.15) is 0 Å². The van der Waals surface area contributed by atoms with Crippen LogP contribution in [0, 0.1) is 0 Å². The Morgan fingerprint density at radius 2 is 1.67 bits per heavy atom. The number of nitrogens with zero attached hydrogens (tertiary/aromatic N) is 1. The normalized spacial score (nSPS) is 10.6. The standard InChI is InChI=1S/C28H24ClNO5S/c1-32-27-15-22-24(16-28(27)33-2)30-11-10-25(22)35-26-9-8-18(13-23(26)29)12-21(36)14-19(31)17-34-20-6-4-3-5-7-20/h3-11,13,15-16H,12,14,17H2,1-2H3. The van der Waals surface area contributed by atoms with Crippen LogP contribution in [-0.2, 0) is 11.2 Å². The molecule has 0 radical (unpaired) electrons. The number of aromatic nitrogens is 1. The molecule has 1 aromatic heterocycles. The Bertz CT molecular complexity index is 1390. The molecule has 0 bridgehead atoms. The smallest absolute Gasteiger partial charge is 0.175 e. The monoisotopic (exact) mass is 521 g/mol. The van der Waals surface area contributed by atoms with Gasteiger partial charge < -0.3 is 18.9 Å². The maximum Gasteiger partial charge on any atom is 0.175 e. The van der Waals surface area contributed by atoms with Crippen molar-refractivity contribution in [2.75, 3.05) is 20.8 Å². The lowest BCUT2D eigenvalue weighted by molar-refractivity contribution is -0.119. The molecule has 4 aromatic rings. The minimum Gasteiger partial charge on any atom is -0.493 e. The molecule has 184 valence electrons. The number of halogens is 1. The van der Waals surface area contributed by atoms with Crippen molar-refractivity contribution in [2.45, 2.75) is 12.8 Å². The maximum absolute atomic E-state index is 12.3. The minimum atomic E-state index is -0.0773. The Morgan fingerprint density at radius 3 is 2.39 bits per heavy atom. The van der Waals surface area contributed by atoms with Crippen molar-refractivity contribution in [3.8, 4) is 28.7 Å². The molecular weight excluding hydrogens is 498 g/mol. The van der Waals surface area contributed by atoms with Crippen LogP contribution in [0.15, 0.2) is 72.9 Å². The van der Waals surface area contributed by atoms with Crippen molar-refractivity contribution in [3.63, 3.8) is 0 Å². The fraction of sp³-hybridized carbons (Fsp3) is 0.179. The fourth-order valence-corrected chi connectivity index (χ4v) is 4.20. The van der Waals surface area contributed by atoms with E-state index in [9.17, 15) is 4.79 Å². The molecule has 0 aliphatic rings. The second kappa shape index (κ2) is 11.8. The average Bonchev–Trinajstić information content (AvgIpc) is 2.89. The molecule has 1 heterocycles. The summed E-state index contributed by atoms with van der Waals surface area (Å²) in [5, 5.41) is 1.19. The zero-order chi connectivity index (χ0) is 25.5. The summed E-state index contributed by atoms with van der Waals surface area (Å²) in [6, 6.07) is 20.0. The van der Waals surface area contributed by atoms with Crippen molar-refractivity contribution in [1.82, 2.24) is 4.98 Å². The van der Waals surface area contributed by atoms with Gasteiger partial charge in [0.25, 0.3) is 0 Å². The van der Waals surface area contributed by atoms with Crippen LogP contribution in [-0.4, -0.2) is 36.5 Å². The van der Waals surface area contributed by atoms with Crippen molar-refractivity contribution < 1.29 is 23.7 Å². The third kappa shape index (κ3) is 6.30. The Balaban J connectivity index is 1.41. The number of ether oxygens (including phenoxy) is 4. The van der Waals surface area contributed by atoms with Gasteiger partial charge in [0.15, 0.2) is 17.3 Å². The number of para-hydroxylation sites is 1. The number of Topliss-reactive ketones (excluding diaryl/α,β-unsaturated/α-hetero) is 1. The lowest BCUT2D eigenvalue weighted by Gasteiger charge is -2.13. The van der Waals surface area contributed by atoms with E-state index >= 15 is 0 Å². The van der Waals surface area contributed by atoms with E-state index in [0.29, 0.717) is 50.6 Å². The number of carbonyl (C=O) groups excluding carboxylic acids is 1. The molecule has 0 unspecified atom stereocenters. The van der Waals surface area contributed by atoms with E-state index in [0.717, 1.165) is 10.9 Å². The number of benzene rings is 3. The summed E-state index contributed by atoms with van der Waals surface area (Å²) >= 11 is 12.0. The molecule has 0 fully saturated rings. The van der Waals surface area contributed by atoms with E-state index in [1.807, 2.05) is 30.3 Å². The van der Waals surface area contributed by atoms with E-state index in [-0.39, 0.29) is 18.8 Å². The summed E-state index contributed by atoms with van der Waals surface area (Å²) in [7, 11) is 3.15. The van der Waals surface area contributed by atoms with Crippen LogP contribution >= 0.6 is 23.8 Å². The minimum absolute atomic E-state index is 0.0196. The van der Waals surface area contributed by atoms with E-state index < -0.39 is 0 Å². The third-order valence-corrected chi connectivity index (χ3v) is 5.95. The zero-order valence-electron chi connectivity index (χ0n) is 19.8. The average molecular weight is 522 g/mol. The van der Waals surface area contributed by atoms with Crippen molar-refractivity contribution in [3.05, 3.63) is 83.5 Å². The molecule has 0 spiro atoms. The second-order valence-corrected chi connectivity index (χ2v) is 8.92. The molecule has 0 amide bonds. The van der Waals surface area contributed by atoms with Crippen LogP contribution in [0.5, 0.6) is 28.7 Å². The second-order valence-electron chi connectivity index (χ2n) is 7.93. The maximum atomic E-state index is 12.3. The van der Waals surface area contributed by atoms with Crippen LogP contribution in [0.1, 0.15) is 12.0 Å². The summed E-state index contributed by atoms with van der Waals surface area (Å²) in [6.45, 7) is -0.0196. The first-order valence-corrected chi connectivity index (χ1v) is 11.9. The van der Waals surface area contributed by atoms with Crippen LogP contribution in [0.4, 0.5) is 0 Å². The molecule has 0 aliphatic carbocycles. The van der Waals surface area contributed by atoms with Crippen molar-refractivity contribution in [1.29, 1.82) is 0 Å². The van der Waals surface area contributed by atoms with Gasteiger partial charge >= 0.3 is 0 Å². The van der Waals surface area contributed by atoms with Gasteiger partial charge in [-0.25, -0.2) is 0 Å². The van der Waals surface area contributed by atoms with Gasteiger partial charge in [0.05, 0.1) is 24.8 Å². The summed E-state index contributed by atoms with van der Waals surface area (Å²) in [5.74, 6) is 2.79. The molecule has 36 heavy (non-hydrogen) atoms. The van der Waals surface area contributed by atoms with Gasteiger partial charge in [-0.1, -0.05) is 48.1 Å². The van der Waals surface area contributed by atoms with Gasteiger partial charge in [-0.05, 0) is 42.0 Å². The summed E-state index contributed by atoms with van der Waals surface area (Å²) in [5.41, 5.74) is 1.59. The number of fused-ring (bicyclic) bond motifs is 1. The zero-order valence-corrected chi connectivity index (χ0v) is 21.4. The highest BCUT2D eigenvalue weighted by Crippen LogP contribution is 2.38. The first-order chi connectivity index (χ1) is 17.5. The van der Waals surface area contributed by atoms with E-state index in [1.54, 1.807) is 56.8 Å². The van der Waals surface area contributed by atoms with Gasteiger partial charge in [0.2, 0.25) is 0 Å². The van der Waals surface area contributed by atoms with Crippen molar-refractivity contribution in [2.24, 2.45) is 0 Å². The lowest BCUT2D eigenvalue weighted by Crippen LogP contribution is -2.16. The molecule has 0 saturated heterocycles. The Kier molecular flexibility index (Phi) is 8.36. The number of thiocarbonyl (C=S) groups is 1. The van der Waals surface area contributed by atoms with Crippen molar-refractivity contribution >= 4 is 45.4 Å². The largest absolute Gasteiger partial charge is 0.493 e. The number of hydrogen-bond donors (Lipinski definition) is 0. The summed E-state index contributed by atoms with van der Waals surface area (Å²) in [4.78, 5) is 17.3. The Morgan fingerprint density at radius 1 is 0.917 bits per heavy atom. The topological polar surface area (TPSA) is 66.9 Å². The predicted molar refractivity (Wildman–Crippen MR) is 144 cm³/mol. The molecule has 0 saturated carbocycles. The molecular formula is C28H24ClNO5S. The highest BCUT2D eigenvalue weighted by Gasteiger charge is 2.14. The SMILES string of the molecule is COc1cc2nccc(Oc3ccc(CC(=S)CC(=O)COc4ccccc4)cc3Cl)c2cc1OC. The quantitative estimate of drug-likeness (QED) is 0.205. The van der Waals surface area contributed by atoms with Gasteiger partial charge in [0, 0.05) is 35.4 Å². The number of methoxy groups -OCH3 is 2. The molecule has 3 aromatic carbocycles. The number of ketones is 1. The van der Waals surface area contributed by atoms with E-state index in [4.69, 9.17) is 42.8 Å². The number of carbonyl (C=O) groups is 1. The van der Waals surface area contributed by atoms with Crippen LogP contribution < -0.4 is 18.9 Å². The van der Waals surface area contributed by atoms with Crippen LogP contribution in [0.2, 0.25) is 5.02 Å². The van der Waals surface area contributed by atoms with Gasteiger partial charge in [-0.15, -0.1) is 0 Å². The van der Waals surface area contributed by atoms with Crippen LogP contribution in [0.25, 0.3) is 10.9 Å². The van der Waals surface area contributed by atoms with E-state index in [2.05, 4.69) is 4.98 Å². The van der Waals surface area contributed by atoms with Gasteiger partial charge in [-0.3, -0.25) is 9.78 Å². The fourth-order valence-electron chi connectivity index (χ4n) is 3.63. The first kappa shape index (κ1) is 25.4. The molecule has 0 atom stereocenters. The number of pyridine rings is 1. The predicted octanol–water partition coefficient (Wildman–Crippen LogP) is 6.65. The Hall–Kier alpha value is -3.68. The van der Waals surface area contributed by atoms with Gasteiger partial charge in [0.1, 0.15) is 23.9 Å². The first-order valence-electron chi connectivity index (χ1n) is 11.1. The van der Waals surface area contributed by atoms with Crippen LogP contribution in [0.3, 0.4) is 0 Å². The van der Waals surface area contributed by atoms with E-state index in [1.165, 1.54) is 0 Å². The lowest BCUT2D eigenvalue weighted by atomic mass is 10.1. The number of rotatable bonds is 11. The Labute approximate surface area is 219 Å². The molecule has 8 heteroatoms. The third-order valence-electron chi connectivity index (χ3n) is 5.36. The molecule has 4 rings (SSSR count). The molecule has 0 N–H and O–H groups in total. The highest BCUT2D eigenvalue weighted by molar-refractivity contribution is 7.80. The number of hydrogen-bond acceptors (Lipinski definition) is 7. The molecule has 0 aliphatic heterocycles.